The Kier molecular flexibility index (Phi) is 4.92. The molecule has 3 rings (SSSR count). The number of nitrogens with zero attached hydrogens (tertiary/aromatic N) is 7. The van der Waals surface area contributed by atoms with Gasteiger partial charge >= 0.3 is 0 Å². The van der Waals surface area contributed by atoms with E-state index < -0.39 is 0 Å². The molecule has 0 amide bonds. The van der Waals surface area contributed by atoms with E-state index in [0.29, 0.717) is 5.75 Å². The normalized spacial score (nSPS) is 11.1. The smallest absolute Gasteiger partial charge is 0.196 e. The van der Waals surface area contributed by atoms with Crippen LogP contribution in [0.4, 0.5) is 0 Å². The third-order valence-electron chi connectivity index (χ3n) is 3.32. The summed E-state index contributed by atoms with van der Waals surface area (Å²) in [5.74, 6) is 1.46. The molecular formula is C14H16ClN7S. The molecule has 1 aromatic carbocycles. The van der Waals surface area contributed by atoms with Crippen LogP contribution in [0.15, 0.2) is 29.7 Å². The first kappa shape index (κ1) is 15.9. The van der Waals surface area contributed by atoms with Crippen LogP contribution in [0, 0.1) is 6.92 Å². The summed E-state index contributed by atoms with van der Waals surface area (Å²) in [6.07, 6.45) is 2.67. The SMILES string of the molecule is CCCn1nnnc1CSc1nncn1-c1ccc(C)c(Cl)c1. The second kappa shape index (κ2) is 7.10. The van der Waals surface area contributed by atoms with Gasteiger partial charge in [-0.1, -0.05) is 36.4 Å². The molecule has 0 saturated heterocycles. The van der Waals surface area contributed by atoms with Crippen LogP contribution in [0.3, 0.4) is 0 Å². The van der Waals surface area contributed by atoms with Crippen molar-refractivity contribution in [2.45, 2.75) is 37.7 Å². The molecular weight excluding hydrogens is 334 g/mol. The first-order valence-electron chi connectivity index (χ1n) is 7.23. The molecule has 0 saturated carbocycles. The summed E-state index contributed by atoms with van der Waals surface area (Å²) in [6, 6.07) is 5.88. The van der Waals surface area contributed by atoms with Crippen molar-refractivity contribution in [2.24, 2.45) is 0 Å². The van der Waals surface area contributed by atoms with Crippen molar-refractivity contribution in [2.75, 3.05) is 0 Å². The van der Waals surface area contributed by atoms with E-state index >= 15 is 0 Å². The van der Waals surface area contributed by atoms with E-state index in [-0.39, 0.29) is 0 Å². The number of thioether (sulfide) groups is 1. The minimum Gasteiger partial charge on any atom is -0.277 e. The van der Waals surface area contributed by atoms with Crippen LogP contribution in [0.2, 0.25) is 5.02 Å². The lowest BCUT2D eigenvalue weighted by atomic mass is 10.2. The van der Waals surface area contributed by atoms with Gasteiger partial charge in [-0.15, -0.1) is 15.3 Å². The van der Waals surface area contributed by atoms with E-state index in [4.69, 9.17) is 11.6 Å². The third kappa shape index (κ3) is 3.53. The average molecular weight is 350 g/mol. The molecule has 0 bridgehead atoms. The monoisotopic (exact) mass is 349 g/mol. The van der Waals surface area contributed by atoms with Crippen molar-refractivity contribution in [1.29, 1.82) is 0 Å². The molecule has 0 unspecified atom stereocenters. The average Bonchev–Trinajstić information content (AvgIpc) is 3.17. The molecule has 120 valence electrons. The maximum atomic E-state index is 6.21. The quantitative estimate of drug-likeness (QED) is 0.637. The standard InChI is InChI=1S/C14H16ClN7S/c1-3-6-22-13(17-19-20-22)8-23-14-18-16-9-21(14)11-5-4-10(2)12(15)7-11/h4-5,7,9H,3,6,8H2,1-2H3. The van der Waals surface area contributed by atoms with Crippen LogP contribution in [-0.4, -0.2) is 35.0 Å². The van der Waals surface area contributed by atoms with Gasteiger partial charge in [0.1, 0.15) is 6.33 Å². The van der Waals surface area contributed by atoms with Crippen LogP contribution < -0.4 is 0 Å². The van der Waals surface area contributed by atoms with Crippen LogP contribution in [-0.2, 0) is 12.3 Å². The Bertz CT molecular complexity index is 798. The number of hydrogen-bond acceptors (Lipinski definition) is 6. The Labute approximate surface area is 143 Å². The molecule has 0 radical (unpaired) electrons. The second-order valence-corrected chi connectivity index (χ2v) is 6.37. The Morgan fingerprint density at radius 1 is 1.26 bits per heavy atom. The molecule has 0 aliphatic rings. The number of tetrazole rings is 1. The van der Waals surface area contributed by atoms with Crippen molar-refractivity contribution >= 4 is 23.4 Å². The van der Waals surface area contributed by atoms with Crippen molar-refractivity contribution < 1.29 is 0 Å². The Hall–Kier alpha value is -1.93. The van der Waals surface area contributed by atoms with Gasteiger partial charge in [-0.3, -0.25) is 4.57 Å². The lowest BCUT2D eigenvalue weighted by molar-refractivity contribution is 0.564. The summed E-state index contributed by atoms with van der Waals surface area (Å²) in [6.45, 7) is 4.88. The first-order chi connectivity index (χ1) is 11.2. The molecule has 0 aliphatic carbocycles. The highest BCUT2D eigenvalue weighted by Crippen LogP contribution is 2.25. The van der Waals surface area contributed by atoms with Crippen molar-refractivity contribution in [3.8, 4) is 5.69 Å². The van der Waals surface area contributed by atoms with Crippen molar-refractivity contribution in [3.63, 3.8) is 0 Å². The van der Waals surface area contributed by atoms with Gasteiger partial charge in [0.05, 0.1) is 11.4 Å². The summed E-state index contributed by atoms with van der Waals surface area (Å²) in [7, 11) is 0. The summed E-state index contributed by atoms with van der Waals surface area (Å²) in [4.78, 5) is 0. The van der Waals surface area contributed by atoms with Crippen LogP contribution in [0.25, 0.3) is 5.69 Å². The summed E-state index contributed by atoms with van der Waals surface area (Å²) >= 11 is 7.75. The Morgan fingerprint density at radius 2 is 2.13 bits per heavy atom. The van der Waals surface area contributed by atoms with E-state index in [1.54, 1.807) is 6.33 Å². The van der Waals surface area contributed by atoms with Gasteiger partial charge in [-0.05, 0) is 41.5 Å². The zero-order valence-corrected chi connectivity index (χ0v) is 14.4. The zero-order valence-electron chi connectivity index (χ0n) is 12.8. The summed E-state index contributed by atoms with van der Waals surface area (Å²) in [5, 5.41) is 21.5. The van der Waals surface area contributed by atoms with Gasteiger partial charge < -0.3 is 0 Å². The minimum atomic E-state index is 0.630. The van der Waals surface area contributed by atoms with Crippen LogP contribution >= 0.6 is 23.4 Å². The Morgan fingerprint density at radius 3 is 2.91 bits per heavy atom. The summed E-state index contributed by atoms with van der Waals surface area (Å²) in [5.41, 5.74) is 1.97. The lowest BCUT2D eigenvalue weighted by Crippen LogP contribution is -2.04. The number of aryl methyl sites for hydroxylation is 2. The van der Waals surface area contributed by atoms with Gasteiger partial charge in [-0.2, -0.15) is 0 Å². The van der Waals surface area contributed by atoms with E-state index in [1.165, 1.54) is 11.8 Å². The number of halogens is 1. The maximum Gasteiger partial charge on any atom is 0.196 e. The molecule has 3 aromatic rings. The summed E-state index contributed by atoms with van der Waals surface area (Å²) < 4.78 is 3.72. The second-order valence-electron chi connectivity index (χ2n) is 5.02. The lowest BCUT2D eigenvalue weighted by Gasteiger charge is -2.08. The van der Waals surface area contributed by atoms with E-state index in [2.05, 4.69) is 32.6 Å². The fourth-order valence-corrected chi connectivity index (χ4v) is 3.11. The molecule has 0 spiro atoms. The van der Waals surface area contributed by atoms with E-state index in [0.717, 1.165) is 40.2 Å². The highest BCUT2D eigenvalue weighted by Gasteiger charge is 2.12. The number of benzene rings is 1. The molecule has 7 nitrogen and oxygen atoms in total. The molecule has 23 heavy (non-hydrogen) atoms. The van der Waals surface area contributed by atoms with E-state index in [9.17, 15) is 0 Å². The molecule has 9 heteroatoms. The highest BCUT2D eigenvalue weighted by molar-refractivity contribution is 7.98. The molecule has 0 N–H and O–H groups in total. The van der Waals surface area contributed by atoms with E-state index in [1.807, 2.05) is 34.4 Å². The largest absolute Gasteiger partial charge is 0.277 e. The van der Waals surface area contributed by atoms with Crippen molar-refractivity contribution in [3.05, 3.63) is 40.9 Å². The van der Waals surface area contributed by atoms with Crippen molar-refractivity contribution in [1.82, 2.24) is 35.0 Å². The van der Waals surface area contributed by atoms with Gasteiger partial charge in [0.2, 0.25) is 0 Å². The van der Waals surface area contributed by atoms with Gasteiger partial charge in [-0.25, -0.2) is 4.68 Å². The predicted octanol–water partition coefficient (Wildman–Crippen LogP) is 2.92. The number of hydrogen-bond donors (Lipinski definition) is 0. The van der Waals surface area contributed by atoms with Crippen LogP contribution in [0.5, 0.6) is 0 Å². The topological polar surface area (TPSA) is 74.3 Å². The molecule has 2 aromatic heterocycles. The fourth-order valence-electron chi connectivity index (χ4n) is 2.07. The molecule has 2 heterocycles. The molecule has 0 atom stereocenters. The molecule has 0 aliphatic heterocycles. The number of aromatic nitrogens is 7. The first-order valence-corrected chi connectivity index (χ1v) is 8.59. The molecule has 0 fully saturated rings. The maximum absolute atomic E-state index is 6.21. The van der Waals surface area contributed by atoms with Gasteiger partial charge in [0.25, 0.3) is 0 Å². The van der Waals surface area contributed by atoms with Gasteiger partial charge in [0, 0.05) is 11.6 Å². The zero-order chi connectivity index (χ0) is 16.2. The van der Waals surface area contributed by atoms with Gasteiger partial charge in [0.15, 0.2) is 11.0 Å². The fraction of sp³-hybridized carbons (Fsp3) is 0.357. The highest BCUT2D eigenvalue weighted by atomic mass is 35.5. The third-order valence-corrected chi connectivity index (χ3v) is 4.67. The number of rotatable bonds is 6. The Balaban J connectivity index is 1.78. The van der Waals surface area contributed by atoms with Crippen LogP contribution in [0.1, 0.15) is 24.7 Å². The minimum absolute atomic E-state index is 0.630. The predicted molar refractivity (Wildman–Crippen MR) is 88.8 cm³/mol.